The number of para-hydroxylation sites is 2. The molecule has 1 amide bonds. The summed E-state index contributed by atoms with van der Waals surface area (Å²) in [6.07, 6.45) is 3.87. The molecule has 3 aromatic rings. The van der Waals surface area contributed by atoms with Crippen LogP contribution in [0.1, 0.15) is 10.4 Å². The smallest absolute Gasteiger partial charge is 0.262 e. The van der Waals surface area contributed by atoms with Gasteiger partial charge < -0.3 is 10.1 Å². The van der Waals surface area contributed by atoms with E-state index in [1.165, 1.54) is 30.2 Å². The van der Waals surface area contributed by atoms with Crippen molar-refractivity contribution < 1.29 is 17.9 Å². The van der Waals surface area contributed by atoms with E-state index in [2.05, 4.69) is 10.0 Å². The van der Waals surface area contributed by atoms with Gasteiger partial charge in [-0.25, -0.2) is 8.42 Å². The van der Waals surface area contributed by atoms with E-state index in [-0.39, 0.29) is 10.8 Å². The first kappa shape index (κ1) is 21.6. The molecule has 0 saturated carbocycles. The Hall–Kier alpha value is -3.10. The lowest BCUT2D eigenvalue weighted by Crippen LogP contribution is -2.23. The maximum absolute atomic E-state index is 12.6. The molecule has 156 valence electrons. The molecule has 2 aromatic carbocycles. The number of hydrogen-bond acceptors (Lipinski definition) is 5. The summed E-state index contributed by atoms with van der Waals surface area (Å²) >= 11 is 1.66. The van der Waals surface area contributed by atoms with Crippen LogP contribution >= 0.6 is 11.3 Å². The standard InChI is InChI=1S/C22H22N2O4S2/c1-28-21-7-3-2-6-20(21)24-30(26,27)19-11-8-17(9-12-19)10-13-22(25)23-15-14-18-5-4-16-29-18/h2-13,16,24H,14-15H2,1H3,(H,23,25)/b13-10+. The number of sulfonamides is 1. The predicted octanol–water partition coefficient (Wildman–Crippen LogP) is 3.93. The fraction of sp³-hybridized carbons (Fsp3) is 0.136. The number of methoxy groups -OCH3 is 1. The highest BCUT2D eigenvalue weighted by molar-refractivity contribution is 7.92. The number of anilines is 1. The van der Waals surface area contributed by atoms with Gasteiger partial charge in [-0.05, 0) is 53.8 Å². The van der Waals surface area contributed by atoms with Crippen LogP contribution in [0.25, 0.3) is 6.08 Å². The van der Waals surface area contributed by atoms with Gasteiger partial charge in [0.15, 0.2) is 0 Å². The Kier molecular flexibility index (Phi) is 7.26. The zero-order valence-corrected chi connectivity index (χ0v) is 18.0. The minimum Gasteiger partial charge on any atom is -0.495 e. The van der Waals surface area contributed by atoms with E-state index in [4.69, 9.17) is 4.74 Å². The molecular formula is C22H22N2O4S2. The number of carbonyl (C=O) groups is 1. The Morgan fingerprint density at radius 1 is 1.07 bits per heavy atom. The molecule has 6 nitrogen and oxygen atoms in total. The van der Waals surface area contributed by atoms with Crippen LogP contribution in [0.3, 0.4) is 0 Å². The molecule has 0 radical (unpaired) electrons. The summed E-state index contributed by atoms with van der Waals surface area (Å²) in [5.74, 6) is 0.242. The third-order valence-electron chi connectivity index (χ3n) is 4.22. The molecule has 0 unspecified atom stereocenters. The van der Waals surface area contributed by atoms with Crippen LogP contribution in [0.15, 0.2) is 77.0 Å². The van der Waals surface area contributed by atoms with Gasteiger partial charge in [-0.1, -0.05) is 30.3 Å². The molecule has 0 aliphatic rings. The van der Waals surface area contributed by atoms with Crippen molar-refractivity contribution >= 4 is 39.0 Å². The highest BCUT2D eigenvalue weighted by Crippen LogP contribution is 2.26. The summed E-state index contributed by atoms with van der Waals surface area (Å²) < 4.78 is 32.9. The molecule has 0 aliphatic carbocycles. The molecule has 30 heavy (non-hydrogen) atoms. The first-order valence-corrected chi connectivity index (χ1v) is 11.6. The van der Waals surface area contributed by atoms with Gasteiger partial charge in [0.2, 0.25) is 5.91 Å². The van der Waals surface area contributed by atoms with Crippen LogP contribution < -0.4 is 14.8 Å². The van der Waals surface area contributed by atoms with E-state index in [0.717, 1.165) is 12.0 Å². The van der Waals surface area contributed by atoms with Gasteiger partial charge in [-0.2, -0.15) is 0 Å². The zero-order valence-electron chi connectivity index (χ0n) is 16.4. The van der Waals surface area contributed by atoms with Gasteiger partial charge in [0.25, 0.3) is 10.0 Å². The highest BCUT2D eigenvalue weighted by Gasteiger charge is 2.16. The molecule has 3 rings (SSSR count). The van der Waals surface area contributed by atoms with Gasteiger partial charge in [0.1, 0.15) is 5.75 Å². The van der Waals surface area contributed by atoms with Crippen molar-refractivity contribution in [2.75, 3.05) is 18.4 Å². The van der Waals surface area contributed by atoms with Crippen LogP contribution in [-0.4, -0.2) is 28.0 Å². The Balaban J connectivity index is 1.58. The lowest BCUT2D eigenvalue weighted by atomic mass is 10.2. The van der Waals surface area contributed by atoms with Crippen LogP contribution in [0.5, 0.6) is 5.75 Å². The van der Waals surface area contributed by atoms with Gasteiger partial charge >= 0.3 is 0 Å². The molecule has 2 N–H and O–H groups in total. The predicted molar refractivity (Wildman–Crippen MR) is 120 cm³/mol. The summed E-state index contributed by atoms with van der Waals surface area (Å²) in [6.45, 7) is 0.565. The van der Waals surface area contributed by atoms with Gasteiger partial charge in [-0.3, -0.25) is 9.52 Å². The van der Waals surface area contributed by atoms with Crippen LogP contribution in [0.2, 0.25) is 0 Å². The maximum atomic E-state index is 12.6. The summed E-state index contributed by atoms with van der Waals surface area (Å²) in [6, 6.07) is 17.1. The van der Waals surface area contributed by atoms with E-state index < -0.39 is 10.0 Å². The number of amides is 1. The van der Waals surface area contributed by atoms with Gasteiger partial charge in [0.05, 0.1) is 17.7 Å². The van der Waals surface area contributed by atoms with Gasteiger partial charge in [0, 0.05) is 17.5 Å². The molecule has 0 atom stereocenters. The first-order valence-electron chi connectivity index (χ1n) is 9.22. The van der Waals surface area contributed by atoms with E-state index in [9.17, 15) is 13.2 Å². The van der Waals surface area contributed by atoms with E-state index >= 15 is 0 Å². The molecule has 8 heteroatoms. The maximum Gasteiger partial charge on any atom is 0.262 e. The Morgan fingerprint density at radius 3 is 2.53 bits per heavy atom. The number of nitrogens with one attached hydrogen (secondary N) is 2. The molecular weight excluding hydrogens is 420 g/mol. The number of carbonyl (C=O) groups excluding carboxylic acids is 1. The highest BCUT2D eigenvalue weighted by atomic mass is 32.2. The quantitative estimate of drug-likeness (QED) is 0.492. The van der Waals surface area contributed by atoms with Gasteiger partial charge in [-0.15, -0.1) is 11.3 Å². The lowest BCUT2D eigenvalue weighted by molar-refractivity contribution is -0.116. The van der Waals surface area contributed by atoms with E-state index in [1.54, 1.807) is 53.8 Å². The van der Waals surface area contributed by atoms with Crippen molar-refractivity contribution in [3.63, 3.8) is 0 Å². The van der Waals surface area contributed by atoms with Crippen LogP contribution in [-0.2, 0) is 21.2 Å². The number of benzene rings is 2. The third-order valence-corrected chi connectivity index (χ3v) is 6.54. The minimum absolute atomic E-state index is 0.117. The van der Waals surface area contributed by atoms with Crippen molar-refractivity contribution in [2.45, 2.75) is 11.3 Å². The summed E-state index contributed by atoms with van der Waals surface area (Å²) in [5.41, 5.74) is 1.09. The second-order valence-electron chi connectivity index (χ2n) is 6.33. The molecule has 0 spiro atoms. The fourth-order valence-electron chi connectivity index (χ4n) is 2.69. The largest absolute Gasteiger partial charge is 0.495 e. The molecule has 0 saturated heterocycles. The second kappa shape index (κ2) is 10.1. The molecule has 1 aromatic heterocycles. The van der Waals surface area contributed by atoms with Crippen LogP contribution in [0.4, 0.5) is 5.69 Å². The molecule has 0 aliphatic heterocycles. The minimum atomic E-state index is -3.76. The van der Waals surface area contributed by atoms with Crippen molar-refractivity contribution in [3.8, 4) is 5.75 Å². The normalized spacial score (nSPS) is 11.4. The molecule has 0 bridgehead atoms. The number of hydrogen-bond donors (Lipinski definition) is 2. The second-order valence-corrected chi connectivity index (χ2v) is 9.04. The van der Waals surface area contributed by atoms with Crippen LogP contribution in [0, 0.1) is 0 Å². The first-order chi connectivity index (χ1) is 14.5. The Labute approximate surface area is 180 Å². The molecule has 1 heterocycles. The lowest BCUT2D eigenvalue weighted by Gasteiger charge is -2.11. The topological polar surface area (TPSA) is 84.5 Å². The summed E-state index contributed by atoms with van der Waals surface area (Å²) in [4.78, 5) is 13.3. The number of ether oxygens (including phenoxy) is 1. The van der Waals surface area contributed by atoms with E-state index in [0.29, 0.717) is 18.0 Å². The van der Waals surface area contributed by atoms with Crippen molar-refractivity contribution in [1.82, 2.24) is 5.32 Å². The van der Waals surface area contributed by atoms with E-state index in [1.807, 2.05) is 17.5 Å². The summed E-state index contributed by atoms with van der Waals surface area (Å²) in [7, 11) is -2.28. The average Bonchev–Trinajstić information content (AvgIpc) is 3.26. The fourth-order valence-corrected chi connectivity index (χ4v) is 4.46. The monoisotopic (exact) mass is 442 g/mol. The molecule has 0 fully saturated rings. The van der Waals surface area contributed by atoms with Crippen molar-refractivity contribution in [3.05, 3.63) is 82.6 Å². The average molecular weight is 443 g/mol. The Bertz CT molecular complexity index is 1110. The third kappa shape index (κ3) is 5.95. The summed E-state index contributed by atoms with van der Waals surface area (Å²) in [5, 5.41) is 4.83. The number of thiophene rings is 1. The Morgan fingerprint density at radius 2 is 1.83 bits per heavy atom. The van der Waals surface area contributed by atoms with Crippen molar-refractivity contribution in [1.29, 1.82) is 0 Å². The van der Waals surface area contributed by atoms with Crippen molar-refractivity contribution in [2.24, 2.45) is 0 Å². The number of rotatable bonds is 9. The SMILES string of the molecule is COc1ccccc1NS(=O)(=O)c1ccc(/C=C/C(=O)NCCc2cccs2)cc1. The zero-order chi connectivity index (χ0) is 21.4.